The number of hydrogen-bond acceptors (Lipinski definition) is 6. The molecule has 2 atom stereocenters. The predicted octanol–water partition coefficient (Wildman–Crippen LogP) is 3.80. The van der Waals surface area contributed by atoms with Gasteiger partial charge in [0.2, 0.25) is 5.91 Å². The van der Waals surface area contributed by atoms with Crippen molar-refractivity contribution in [2.45, 2.75) is 36.9 Å². The van der Waals surface area contributed by atoms with Crippen LogP contribution in [-0.4, -0.2) is 61.1 Å². The molecule has 2 amide bonds. The molecule has 2 fully saturated rings. The standard InChI is InChI=1S/C28H24ClF3N6O4S/c1-36-16-23(38(43(36,41)42)24-11-17(15-33)9-10-34-24)27(40)37(20-6-4-5-18(30)12-20)25(21-7-2-3-8-22(21)29)26(39)35-19-13-28(31,32)14-19/h2-12,19,23,25H,13-14,16H2,1H3,(H,35,39)/t23-,25?/m0/s1. The van der Waals surface area contributed by atoms with Crippen molar-refractivity contribution >= 4 is 45.1 Å². The highest BCUT2D eigenvalue weighted by molar-refractivity contribution is 7.90. The molecule has 1 unspecified atom stereocenters. The first-order chi connectivity index (χ1) is 20.3. The van der Waals surface area contributed by atoms with Gasteiger partial charge in [-0.15, -0.1) is 0 Å². The SMILES string of the molecule is CN1C[C@@H](C(=O)N(c2cccc(F)c2)C(C(=O)NC2CC(F)(F)C2)c2ccccc2Cl)N(c2cc(C#N)ccn2)S1(=O)=O. The molecule has 5 rings (SSSR count). The van der Waals surface area contributed by atoms with Crippen LogP contribution in [0.2, 0.25) is 5.02 Å². The molecule has 0 spiro atoms. The number of amides is 2. The molecule has 2 heterocycles. The van der Waals surface area contributed by atoms with Gasteiger partial charge in [-0.05, 0) is 36.4 Å². The number of nitriles is 1. The maximum Gasteiger partial charge on any atom is 0.305 e. The van der Waals surface area contributed by atoms with Crippen LogP contribution >= 0.6 is 11.6 Å². The van der Waals surface area contributed by atoms with Gasteiger partial charge in [0, 0.05) is 54.9 Å². The van der Waals surface area contributed by atoms with Gasteiger partial charge in [-0.3, -0.25) is 14.5 Å². The Morgan fingerprint density at radius 2 is 1.88 bits per heavy atom. The molecule has 0 radical (unpaired) electrons. The highest BCUT2D eigenvalue weighted by atomic mass is 35.5. The number of nitrogens with zero attached hydrogens (tertiary/aromatic N) is 5. The van der Waals surface area contributed by atoms with Crippen LogP contribution in [0.4, 0.5) is 24.7 Å². The second kappa shape index (κ2) is 11.5. The number of rotatable bonds is 7. The Hall–Kier alpha value is -4.19. The molecule has 10 nitrogen and oxygen atoms in total. The quantitative estimate of drug-likeness (QED) is 0.422. The maximum atomic E-state index is 14.6. The fraction of sp³-hybridized carbons (Fsp3) is 0.286. The molecule has 2 aromatic carbocycles. The van der Waals surface area contributed by atoms with Crippen LogP contribution in [0.25, 0.3) is 0 Å². The number of aromatic nitrogens is 1. The van der Waals surface area contributed by atoms with Gasteiger partial charge >= 0.3 is 10.2 Å². The van der Waals surface area contributed by atoms with Crippen molar-refractivity contribution in [3.63, 3.8) is 0 Å². The van der Waals surface area contributed by atoms with Crippen LogP contribution in [0, 0.1) is 17.1 Å². The minimum Gasteiger partial charge on any atom is -0.351 e. The van der Waals surface area contributed by atoms with E-state index in [1.54, 1.807) is 12.1 Å². The van der Waals surface area contributed by atoms with E-state index in [1.807, 2.05) is 6.07 Å². The smallest absolute Gasteiger partial charge is 0.305 e. The minimum atomic E-state index is -4.34. The fourth-order valence-electron chi connectivity index (χ4n) is 5.12. The van der Waals surface area contributed by atoms with Gasteiger partial charge in [0.05, 0.1) is 11.6 Å². The van der Waals surface area contributed by atoms with Crippen LogP contribution in [0.3, 0.4) is 0 Å². The topological polar surface area (TPSA) is 127 Å². The van der Waals surface area contributed by atoms with Crippen molar-refractivity contribution in [1.29, 1.82) is 5.26 Å². The Morgan fingerprint density at radius 3 is 2.53 bits per heavy atom. The van der Waals surface area contributed by atoms with E-state index in [1.165, 1.54) is 49.6 Å². The number of carbonyl (C=O) groups excluding carboxylic acids is 2. The molecular formula is C28H24ClF3N6O4S. The van der Waals surface area contributed by atoms with Crippen LogP contribution < -0.4 is 14.5 Å². The summed E-state index contributed by atoms with van der Waals surface area (Å²) in [5.74, 6) is -5.78. The van der Waals surface area contributed by atoms with Crippen molar-refractivity contribution < 1.29 is 31.2 Å². The maximum absolute atomic E-state index is 14.6. The summed E-state index contributed by atoms with van der Waals surface area (Å²) >= 11 is 6.48. The Bertz CT molecular complexity index is 1730. The summed E-state index contributed by atoms with van der Waals surface area (Å²) in [6.45, 7) is -0.392. The highest BCUT2D eigenvalue weighted by Gasteiger charge is 2.51. The van der Waals surface area contributed by atoms with E-state index in [4.69, 9.17) is 11.6 Å². The zero-order chi connectivity index (χ0) is 31.1. The van der Waals surface area contributed by atoms with Crippen molar-refractivity contribution in [1.82, 2.24) is 14.6 Å². The lowest BCUT2D eigenvalue weighted by Crippen LogP contribution is -2.56. The van der Waals surface area contributed by atoms with E-state index in [2.05, 4.69) is 10.3 Å². The number of hydrogen-bond donors (Lipinski definition) is 1. The second-order valence-electron chi connectivity index (χ2n) is 10.2. The van der Waals surface area contributed by atoms with Crippen LogP contribution in [-0.2, 0) is 19.8 Å². The zero-order valence-corrected chi connectivity index (χ0v) is 24.1. The number of likely N-dealkylation sites (N-methyl/N-ethyl adjacent to an activating group) is 1. The van der Waals surface area contributed by atoms with Gasteiger partial charge in [0.25, 0.3) is 11.8 Å². The van der Waals surface area contributed by atoms with Gasteiger partial charge < -0.3 is 5.32 Å². The van der Waals surface area contributed by atoms with Crippen LogP contribution in [0.5, 0.6) is 0 Å². The van der Waals surface area contributed by atoms with Crippen molar-refractivity contribution in [3.05, 3.63) is 88.8 Å². The Morgan fingerprint density at radius 1 is 1.16 bits per heavy atom. The van der Waals surface area contributed by atoms with E-state index in [0.717, 1.165) is 25.6 Å². The van der Waals surface area contributed by atoms with Gasteiger partial charge in [-0.2, -0.15) is 18.0 Å². The molecule has 15 heteroatoms. The molecule has 1 aliphatic heterocycles. The Labute approximate surface area is 250 Å². The average Bonchev–Trinajstić information content (AvgIpc) is 3.19. The van der Waals surface area contributed by atoms with Gasteiger partial charge in [-0.1, -0.05) is 35.9 Å². The number of alkyl halides is 2. The third-order valence-corrected chi connectivity index (χ3v) is 9.43. The summed E-state index contributed by atoms with van der Waals surface area (Å²) < 4.78 is 70.3. The van der Waals surface area contributed by atoms with Crippen molar-refractivity contribution in [2.24, 2.45) is 0 Å². The highest BCUT2D eigenvalue weighted by Crippen LogP contribution is 2.40. The lowest BCUT2D eigenvalue weighted by atomic mass is 9.87. The molecule has 1 saturated carbocycles. The third kappa shape index (κ3) is 5.88. The molecule has 224 valence electrons. The van der Waals surface area contributed by atoms with Gasteiger partial charge in [-0.25, -0.2) is 22.5 Å². The molecular weight excluding hydrogens is 609 g/mol. The average molecular weight is 633 g/mol. The predicted molar refractivity (Wildman–Crippen MR) is 151 cm³/mol. The molecule has 2 aliphatic rings. The summed E-state index contributed by atoms with van der Waals surface area (Å²) in [7, 11) is -3.10. The summed E-state index contributed by atoms with van der Waals surface area (Å²) in [6.07, 6.45) is -0.00747. The van der Waals surface area contributed by atoms with Crippen LogP contribution in [0.15, 0.2) is 66.9 Å². The Kier molecular flexibility index (Phi) is 8.08. The van der Waals surface area contributed by atoms with E-state index in [0.29, 0.717) is 0 Å². The monoisotopic (exact) mass is 632 g/mol. The first-order valence-electron chi connectivity index (χ1n) is 13.0. The summed E-state index contributed by atoms with van der Waals surface area (Å²) in [6, 6.07) is 11.2. The van der Waals surface area contributed by atoms with E-state index in [9.17, 15) is 36.4 Å². The summed E-state index contributed by atoms with van der Waals surface area (Å²) in [5, 5.41) is 12.0. The van der Waals surface area contributed by atoms with Crippen molar-refractivity contribution in [3.8, 4) is 6.07 Å². The summed E-state index contributed by atoms with van der Waals surface area (Å²) in [5.41, 5.74) is 0.0546. The molecule has 3 aromatic rings. The first kappa shape index (κ1) is 30.3. The lowest BCUT2D eigenvalue weighted by Gasteiger charge is -2.39. The Balaban J connectivity index is 1.65. The normalized spacial score (nSPS) is 20.1. The fourth-order valence-corrected chi connectivity index (χ4v) is 6.80. The number of carbonyl (C=O) groups is 2. The first-order valence-corrected chi connectivity index (χ1v) is 14.7. The minimum absolute atomic E-state index is 0.0483. The molecule has 1 aliphatic carbocycles. The molecule has 1 aromatic heterocycles. The molecule has 1 N–H and O–H groups in total. The molecule has 1 saturated heterocycles. The third-order valence-electron chi connectivity index (χ3n) is 7.21. The number of pyridine rings is 1. The van der Waals surface area contributed by atoms with Gasteiger partial charge in [0.15, 0.2) is 0 Å². The van der Waals surface area contributed by atoms with Crippen LogP contribution in [0.1, 0.15) is 30.0 Å². The largest absolute Gasteiger partial charge is 0.351 e. The lowest BCUT2D eigenvalue weighted by molar-refractivity contribution is -0.133. The van der Waals surface area contributed by atoms with E-state index in [-0.39, 0.29) is 27.7 Å². The molecule has 0 bridgehead atoms. The molecule has 43 heavy (non-hydrogen) atoms. The zero-order valence-electron chi connectivity index (χ0n) is 22.5. The number of halogens is 4. The van der Waals surface area contributed by atoms with E-state index >= 15 is 0 Å². The number of benzene rings is 2. The van der Waals surface area contributed by atoms with Gasteiger partial charge in [0.1, 0.15) is 23.7 Å². The number of anilines is 2. The number of nitrogens with one attached hydrogen (secondary N) is 1. The summed E-state index contributed by atoms with van der Waals surface area (Å²) in [4.78, 5) is 33.4. The van der Waals surface area contributed by atoms with Crippen molar-refractivity contribution in [2.75, 3.05) is 22.8 Å². The second-order valence-corrected chi connectivity index (χ2v) is 12.5. The van der Waals surface area contributed by atoms with E-state index < -0.39 is 71.3 Å².